The molecule has 0 radical (unpaired) electrons. The van der Waals surface area contributed by atoms with Crippen LogP contribution in [0.2, 0.25) is 5.02 Å². The van der Waals surface area contributed by atoms with Crippen LogP contribution in [0.1, 0.15) is 23.2 Å². The number of hydrogen-bond acceptors (Lipinski definition) is 6. The number of benzene rings is 2. The van der Waals surface area contributed by atoms with Crippen LogP contribution in [0.5, 0.6) is 0 Å². The third-order valence-electron chi connectivity index (χ3n) is 5.09. The fourth-order valence-electron chi connectivity index (χ4n) is 3.54. The Bertz CT molecular complexity index is 938. The maximum absolute atomic E-state index is 12.9. The summed E-state index contributed by atoms with van der Waals surface area (Å²) in [6.45, 7) is 2.13. The van der Waals surface area contributed by atoms with E-state index < -0.39 is 10.7 Å². The maximum atomic E-state index is 12.9. The zero-order valence-corrected chi connectivity index (χ0v) is 17.1. The van der Waals surface area contributed by atoms with Crippen molar-refractivity contribution in [3.05, 3.63) is 63.2 Å². The minimum Gasteiger partial charge on any atom is -0.347 e. The first-order valence-corrected chi connectivity index (χ1v) is 10.4. The molecule has 152 valence electrons. The first kappa shape index (κ1) is 20.2. The van der Waals surface area contributed by atoms with Crippen LogP contribution in [-0.4, -0.2) is 47.8 Å². The van der Waals surface area contributed by atoms with Gasteiger partial charge in [0.05, 0.1) is 28.1 Å². The highest BCUT2D eigenvalue weighted by Crippen LogP contribution is 2.39. The zero-order valence-electron chi connectivity index (χ0n) is 15.5. The summed E-state index contributed by atoms with van der Waals surface area (Å²) in [4.78, 5) is 26.9. The van der Waals surface area contributed by atoms with Crippen molar-refractivity contribution >= 4 is 35.0 Å². The summed E-state index contributed by atoms with van der Waals surface area (Å²) in [6.07, 6.45) is 1.20. The topological polar surface area (TPSA) is 81.9 Å². The van der Waals surface area contributed by atoms with Crippen molar-refractivity contribution in [1.29, 1.82) is 0 Å². The van der Waals surface area contributed by atoms with E-state index in [-0.39, 0.29) is 11.6 Å². The predicted octanol–water partition coefficient (Wildman–Crippen LogP) is 4.38. The summed E-state index contributed by atoms with van der Waals surface area (Å²) in [5, 5.41) is 12.1. The molecule has 0 aliphatic carbocycles. The molecule has 0 N–H and O–H groups in total. The Morgan fingerprint density at radius 2 is 1.79 bits per heavy atom. The Morgan fingerprint density at radius 3 is 2.45 bits per heavy atom. The van der Waals surface area contributed by atoms with Gasteiger partial charge >= 0.3 is 0 Å². The number of halogens is 1. The van der Waals surface area contributed by atoms with Gasteiger partial charge < -0.3 is 14.4 Å². The molecule has 2 heterocycles. The maximum Gasteiger partial charge on any atom is 0.284 e. The number of amides is 1. The van der Waals surface area contributed by atoms with Crippen molar-refractivity contribution in [3.8, 4) is 0 Å². The molecule has 2 saturated heterocycles. The average molecular weight is 435 g/mol. The van der Waals surface area contributed by atoms with Gasteiger partial charge in [-0.1, -0.05) is 35.5 Å². The summed E-state index contributed by atoms with van der Waals surface area (Å²) < 4.78 is 11.4. The van der Waals surface area contributed by atoms with Crippen molar-refractivity contribution in [1.82, 2.24) is 4.90 Å². The van der Waals surface area contributed by atoms with Crippen LogP contribution in [-0.2, 0) is 9.47 Å². The van der Waals surface area contributed by atoms with Gasteiger partial charge in [-0.05, 0) is 24.3 Å². The molecule has 2 aliphatic heterocycles. The van der Waals surface area contributed by atoms with Gasteiger partial charge in [-0.2, -0.15) is 0 Å². The smallest absolute Gasteiger partial charge is 0.284 e. The standard InChI is InChI=1S/C20H19ClN2O5S/c21-15-3-1-2-4-17(15)29-18-6-5-14(13-16(18)23(25)26)19(24)22-9-7-20(8-10-22)27-11-12-28-20/h1-6,13H,7-12H2. The molecule has 2 fully saturated rings. The normalized spacial score (nSPS) is 18.2. The Kier molecular flexibility index (Phi) is 5.78. The molecule has 7 nitrogen and oxygen atoms in total. The van der Waals surface area contributed by atoms with Crippen LogP contribution in [0.3, 0.4) is 0 Å². The van der Waals surface area contributed by atoms with Crippen LogP contribution in [0, 0.1) is 10.1 Å². The van der Waals surface area contributed by atoms with E-state index in [9.17, 15) is 14.9 Å². The summed E-state index contributed by atoms with van der Waals surface area (Å²) >= 11 is 7.38. The van der Waals surface area contributed by atoms with Gasteiger partial charge in [-0.3, -0.25) is 14.9 Å². The van der Waals surface area contributed by atoms with Crippen LogP contribution >= 0.6 is 23.4 Å². The van der Waals surface area contributed by atoms with E-state index in [1.165, 1.54) is 17.8 Å². The zero-order chi connectivity index (χ0) is 20.4. The molecular formula is C20H19ClN2O5S. The predicted molar refractivity (Wildman–Crippen MR) is 108 cm³/mol. The van der Waals surface area contributed by atoms with Crippen molar-refractivity contribution in [2.24, 2.45) is 0 Å². The third kappa shape index (κ3) is 4.25. The fourth-order valence-corrected chi connectivity index (χ4v) is 4.72. The Balaban J connectivity index is 1.52. The Labute approximate surface area is 177 Å². The van der Waals surface area contributed by atoms with Crippen molar-refractivity contribution in [2.45, 2.75) is 28.4 Å². The van der Waals surface area contributed by atoms with Crippen molar-refractivity contribution < 1.29 is 19.2 Å². The van der Waals surface area contributed by atoms with Gasteiger partial charge in [-0.15, -0.1) is 0 Å². The van der Waals surface area contributed by atoms with E-state index >= 15 is 0 Å². The highest BCUT2D eigenvalue weighted by molar-refractivity contribution is 7.99. The third-order valence-corrected chi connectivity index (χ3v) is 6.67. The number of carbonyl (C=O) groups is 1. The van der Waals surface area contributed by atoms with E-state index in [2.05, 4.69) is 0 Å². The molecule has 2 aromatic carbocycles. The molecular weight excluding hydrogens is 416 g/mol. The quantitative estimate of drug-likeness (QED) is 0.524. The number of nitrogens with zero attached hydrogens (tertiary/aromatic N) is 2. The van der Waals surface area contributed by atoms with E-state index in [4.69, 9.17) is 21.1 Å². The Hall–Kier alpha value is -2.13. The molecule has 9 heteroatoms. The van der Waals surface area contributed by atoms with Gasteiger partial charge in [0.25, 0.3) is 11.6 Å². The van der Waals surface area contributed by atoms with Gasteiger partial charge in [-0.25, -0.2) is 0 Å². The Morgan fingerprint density at radius 1 is 1.10 bits per heavy atom. The van der Waals surface area contributed by atoms with Crippen LogP contribution in [0.4, 0.5) is 5.69 Å². The number of carbonyl (C=O) groups excluding carboxylic acids is 1. The van der Waals surface area contributed by atoms with Gasteiger partial charge in [0, 0.05) is 42.5 Å². The number of nitro benzene ring substituents is 1. The highest BCUT2D eigenvalue weighted by atomic mass is 35.5. The van der Waals surface area contributed by atoms with Crippen LogP contribution < -0.4 is 0 Å². The average Bonchev–Trinajstić information content (AvgIpc) is 3.18. The molecule has 2 aromatic rings. The lowest BCUT2D eigenvalue weighted by molar-refractivity contribution is -0.387. The van der Waals surface area contributed by atoms with E-state index in [1.807, 2.05) is 6.07 Å². The number of ether oxygens (including phenoxy) is 2. The molecule has 0 atom stereocenters. The second kappa shape index (κ2) is 8.31. The number of rotatable bonds is 4. The number of piperidine rings is 1. The lowest BCUT2D eigenvalue weighted by Crippen LogP contribution is -2.47. The summed E-state index contributed by atoms with van der Waals surface area (Å²) in [7, 11) is 0. The molecule has 0 aromatic heterocycles. The molecule has 1 amide bonds. The molecule has 1 spiro atoms. The number of hydrogen-bond donors (Lipinski definition) is 0. The minimum absolute atomic E-state index is 0.114. The molecule has 29 heavy (non-hydrogen) atoms. The molecule has 2 aliphatic rings. The van der Waals surface area contributed by atoms with E-state index in [0.717, 1.165) is 0 Å². The van der Waals surface area contributed by atoms with E-state index in [0.29, 0.717) is 59.5 Å². The second-order valence-corrected chi connectivity index (χ2v) is 8.36. The van der Waals surface area contributed by atoms with E-state index in [1.54, 1.807) is 35.2 Å². The first-order chi connectivity index (χ1) is 14.0. The summed E-state index contributed by atoms with van der Waals surface area (Å²) in [5.74, 6) is -0.798. The lowest BCUT2D eigenvalue weighted by Gasteiger charge is -2.37. The van der Waals surface area contributed by atoms with Crippen molar-refractivity contribution in [3.63, 3.8) is 0 Å². The van der Waals surface area contributed by atoms with Gasteiger partial charge in [0.2, 0.25) is 0 Å². The fraction of sp³-hybridized carbons (Fsp3) is 0.350. The van der Waals surface area contributed by atoms with Crippen LogP contribution in [0.15, 0.2) is 52.3 Å². The second-order valence-electron chi connectivity index (χ2n) is 6.87. The molecule has 0 unspecified atom stereocenters. The van der Waals surface area contributed by atoms with Gasteiger partial charge in [0.15, 0.2) is 5.79 Å². The molecule has 0 saturated carbocycles. The highest BCUT2D eigenvalue weighted by Gasteiger charge is 2.41. The lowest BCUT2D eigenvalue weighted by atomic mass is 10.0. The van der Waals surface area contributed by atoms with Crippen molar-refractivity contribution in [2.75, 3.05) is 26.3 Å². The minimum atomic E-state index is -0.571. The summed E-state index contributed by atoms with van der Waals surface area (Å²) in [6, 6.07) is 11.7. The van der Waals surface area contributed by atoms with Gasteiger partial charge in [0.1, 0.15) is 0 Å². The number of likely N-dealkylation sites (tertiary alicyclic amines) is 1. The van der Waals surface area contributed by atoms with Crippen LogP contribution in [0.25, 0.3) is 0 Å². The SMILES string of the molecule is O=C(c1ccc(Sc2ccccc2Cl)c([N+](=O)[O-])c1)N1CCC2(CC1)OCCO2. The molecule has 0 bridgehead atoms. The largest absolute Gasteiger partial charge is 0.347 e. The monoisotopic (exact) mass is 434 g/mol. The molecule has 4 rings (SSSR count). The number of nitro groups is 1. The first-order valence-electron chi connectivity index (χ1n) is 9.25. The summed E-state index contributed by atoms with van der Waals surface area (Å²) in [5.41, 5.74) is 0.182.